The molecule has 14 heteroatoms. The minimum absolute atomic E-state index is 0.0111. The Kier molecular flexibility index (Phi) is 18.7. The summed E-state index contributed by atoms with van der Waals surface area (Å²) in [4.78, 5) is 85.1. The summed E-state index contributed by atoms with van der Waals surface area (Å²) in [6.45, 7) is 12.4. The average Bonchev–Trinajstić information content (AvgIpc) is 3.20. The molecule has 0 radical (unpaired) electrons. The maximum atomic E-state index is 13.0. The van der Waals surface area contributed by atoms with Crippen LogP contribution >= 0.6 is 0 Å². The Labute approximate surface area is 332 Å². The summed E-state index contributed by atoms with van der Waals surface area (Å²) in [6.07, 6.45) is 5.04. The van der Waals surface area contributed by atoms with Gasteiger partial charge in [-0.2, -0.15) is 0 Å². The molecule has 1 saturated carbocycles. The molecule has 0 aliphatic heterocycles. The van der Waals surface area contributed by atoms with Gasteiger partial charge in [-0.05, 0) is 80.8 Å². The van der Waals surface area contributed by atoms with Crippen molar-refractivity contribution in [2.75, 3.05) is 33.0 Å². The minimum Gasteiger partial charge on any atom is -0.465 e. The third kappa shape index (κ3) is 16.9. The molecule has 0 N–H and O–H groups in total. The molecular weight excluding hydrogens is 740 g/mol. The van der Waals surface area contributed by atoms with Gasteiger partial charge >= 0.3 is 41.8 Å². The highest BCUT2D eigenvalue weighted by atomic mass is 16.6. The van der Waals surface area contributed by atoms with E-state index in [1.807, 2.05) is 0 Å². The van der Waals surface area contributed by atoms with Crippen LogP contribution in [0.25, 0.3) is 0 Å². The first-order valence-corrected chi connectivity index (χ1v) is 18.9. The third-order valence-corrected chi connectivity index (χ3v) is 8.95. The van der Waals surface area contributed by atoms with Gasteiger partial charge in [0.25, 0.3) is 0 Å². The first-order chi connectivity index (χ1) is 27.2. The molecule has 1 aliphatic rings. The zero-order valence-corrected chi connectivity index (χ0v) is 32.9. The SMILES string of the molecule is C=CC(=O)OCCCCOC(=O)c1cc(OC(=O)C2CCC(C(=O)Oc3ccc(CCOC(=O)CCC(=O)OCC(C)(C)COC(=O)C=C)cc3)CC2)ccc1C. The normalized spacial score (nSPS) is 14.9. The highest BCUT2D eigenvalue weighted by Crippen LogP contribution is 2.32. The molecule has 0 amide bonds. The van der Waals surface area contributed by atoms with Gasteiger partial charge in [0.05, 0.1) is 63.3 Å². The summed E-state index contributed by atoms with van der Waals surface area (Å²) >= 11 is 0. The number of carbonyl (C=O) groups is 7. The lowest BCUT2D eigenvalue weighted by molar-refractivity contribution is -0.154. The van der Waals surface area contributed by atoms with Crippen LogP contribution in [0.15, 0.2) is 67.8 Å². The van der Waals surface area contributed by atoms with Crippen molar-refractivity contribution in [1.82, 2.24) is 0 Å². The van der Waals surface area contributed by atoms with Gasteiger partial charge in [0.2, 0.25) is 0 Å². The van der Waals surface area contributed by atoms with Crippen LogP contribution in [0.3, 0.4) is 0 Å². The van der Waals surface area contributed by atoms with Gasteiger partial charge in [-0.1, -0.05) is 45.2 Å². The van der Waals surface area contributed by atoms with Crippen LogP contribution in [0.5, 0.6) is 11.5 Å². The lowest BCUT2D eigenvalue weighted by Gasteiger charge is -2.25. The highest BCUT2D eigenvalue weighted by Gasteiger charge is 2.32. The quantitative estimate of drug-likeness (QED) is 0.0435. The first kappa shape index (κ1) is 45.6. The van der Waals surface area contributed by atoms with E-state index in [4.69, 9.17) is 33.2 Å². The van der Waals surface area contributed by atoms with E-state index in [9.17, 15) is 33.6 Å². The van der Waals surface area contributed by atoms with E-state index < -0.39 is 47.1 Å². The molecule has 1 fully saturated rings. The molecule has 57 heavy (non-hydrogen) atoms. The van der Waals surface area contributed by atoms with E-state index in [2.05, 4.69) is 13.2 Å². The van der Waals surface area contributed by atoms with E-state index >= 15 is 0 Å². The predicted octanol–water partition coefficient (Wildman–Crippen LogP) is 6.14. The minimum atomic E-state index is -0.603. The van der Waals surface area contributed by atoms with Crippen molar-refractivity contribution in [1.29, 1.82) is 0 Å². The van der Waals surface area contributed by atoms with E-state index in [0.717, 1.165) is 17.7 Å². The molecule has 0 saturated heterocycles. The van der Waals surface area contributed by atoms with Crippen LogP contribution in [0, 0.1) is 24.2 Å². The summed E-state index contributed by atoms with van der Waals surface area (Å²) in [5.74, 6) is -3.78. The summed E-state index contributed by atoms with van der Waals surface area (Å²) in [7, 11) is 0. The molecule has 0 unspecified atom stereocenters. The van der Waals surface area contributed by atoms with Crippen molar-refractivity contribution in [2.24, 2.45) is 17.3 Å². The fourth-order valence-corrected chi connectivity index (χ4v) is 5.53. The fourth-order valence-electron chi connectivity index (χ4n) is 5.53. The maximum Gasteiger partial charge on any atom is 0.338 e. The number of ether oxygens (including phenoxy) is 7. The van der Waals surface area contributed by atoms with Crippen molar-refractivity contribution < 1.29 is 66.7 Å². The van der Waals surface area contributed by atoms with Gasteiger partial charge in [0.15, 0.2) is 0 Å². The predicted molar refractivity (Wildman–Crippen MR) is 205 cm³/mol. The number of carbonyl (C=O) groups excluding carboxylic acids is 7. The number of unbranched alkanes of at least 4 members (excludes halogenated alkanes) is 1. The molecule has 14 nitrogen and oxygen atoms in total. The van der Waals surface area contributed by atoms with Gasteiger partial charge in [-0.25, -0.2) is 14.4 Å². The number of hydrogen-bond donors (Lipinski definition) is 0. The lowest BCUT2D eigenvalue weighted by Crippen LogP contribution is -2.30. The fraction of sp³-hybridized carbons (Fsp3) is 0.465. The van der Waals surface area contributed by atoms with Crippen LogP contribution in [0.2, 0.25) is 0 Å². The summed E-state index contributed by atoms with van der Waals surface area (Å²) < 4.78 is 36.9. The summed E-state index contributed by atoms with van der Waals surface area (Å²) in [5, 5.41) is 0. The topological polar surface area (TPSA) is 184 Å². The number of aryl methyl sites for hydroxylation is 1. The molecule has 0 spiro atoms. The molecule has 0 heterocycles. The average molecular weight is 793 g/mol. The molecule has 2 aromatic rings. The standard InChI is InChI=1S/C43H52O14/c1-6-36(44)51-23-8-9-24-53-42(50)35-26-34(17-10-29(35)3)57-41(49)32-15-13-31(14-16-32)40(48)56-33-18-11-30(12-19-33)22-25-52-38(46)20-21-39(47)55-28-43(4,5)27-54-37(45)7-2/h6-7,10-12,17-19,26,31-32H,1-2,8-9,13-16,20-25,27-28H2,3-5H3. The van der Waals surface area contributed by atoms with Crippen LogP contribution in [-0.2, 0) is 58.9 Å². The highest BCUT2D eigenvalue weighted by molar-refractivity contribution is 5.92. The van der Waals surface area contributed by atoms with E-state index in [1.54, 1.807) is 57.2 Å². The second kappa shape index (κ2) is 23.3. The molecule has 1 aliphatic carbocycles. The second-order valence-corrected chi connectivity index (χ2v) is 14.3. The Bertz CT molecular complexity index is 1730. The Hall–Kier alpha value is -5.79. The molecule has 0 bridgehead atoms. The zero-order valence-electron chi connectivity index (χ0n) is 32.9. The summed E-state index contributed by atoms with van der Waals surface area (Å²) in [5.41, 5.74) is 1.18. The molecule has 0 atom stereocenters. The number of hydrogen-bond acceptors (Lipinski definition) is 14. The van der Waals surface area contributed by atoms with Gasteiger partial charge in [-0.3, -0.25) is 19.2 Å². The number of benzene rings is 2. The van der Waals surface area contributed by atoms with E-state index in [-0.39, 0.29) is 69.1 Å². The van der Waals surface area contributed by atoms with Crippen LogP contribution in [0.4, 0.5) is 0 Å². The van der Waals surface area contributed by atoms with Gasteiger partial charge in [0.1, 0.15) is 11.5 Å². The third-order valence-electron chi connectivity index (χ3n) is 8.95. The smallest absolute Gasteiger partial charge is 0.338 e. The molecular formula is C43H52O14. The molecule has 3 rings (SSSR count). The van der Waals surface area contributed by atoms with Crippen molar-refractivity contribution in [3.63, 3.8) is 0 Å². The van der Waals surface area contributed by atoms with Gasteiger partial charge in [0, 0.05) is 24.0 Å². The molecule has 0 aromatic heterocycles. The van der Waals surface area contributed by atoms with Gasteiger partial charge < -0.3 is 33.2 Å². The van der Waals surface area contributed by atoms with Crippen molar-refractivity contribution in [3.05, 3.63) is 84.5 Å². The van der Waals surface area contributed by atoms with Crippen molar-refractivity contribution in [3.8, 4) is 11.5 Å². The Balaban J connectivity index is 1.33. The van der Waals surface area contributed by atoms with Crippen molar-refractivity contribution >= 4 is 41.8 Å². The zero-order chi connectivity index (χ0) is 41.8. The number of rotatable bonds is 22. The van der Waals surface area contributed by atoms with E-state index in [0.29, 0.717) is 56.3 Å². The largest absolute Gasteiger partial charge is 0.465 e. The van der Waals surface area contributed by atoms with Gasteiger partial charge in [-0.15, -0.1) is 0 Å². The number of esters is 7. The monoisotopic (exact) mass is 792 g/mol. The second-order valence-electron chi connectivity index (χ2n) is 14.3. The summed E-state index contributed by atoms with van der Waals surface area (Å²) in [6, 6.07) is 11.6. The Morgan fingerprint density at radius 2 is 1.16 bits per heavy atom. The van der Waals surface area contributed by atoms with E-state index in [1.165, 1.54) is 6.07 Å². The maximum absolute atomic E-state index is 13.0. The first-order valence-electron chi connectivity index (χ1n) is 18.9. The van der Waals surface area contributed by atoms with Crippen LogP contribution in [-0.4, -0.2) is 74.8 Å². The van der Waals surface area contributed by atoms with Crippen molar-refractivity contribution in [2.45, 2.75) is 78.6 Å². The van der Waals surface area contributed by atoms with Crippen LogP contribution < -0.4 is 9.47 Å². The lowest BCUT2D eigenvalue weighted by atomic mass is 9.82. The molecule has 308 valence electrons. The Morgan fingerprint density at radius 3 is 1.75 bits per heavy atom. The van der Waals surface area contributed by atoms with Crippen LogP contribution in [0.1, 0.15) is 86.7 Å². The Morgan fingerprint density at radius 1 is 0.649 bits per heavy atom. The molecule has 2 aromatic carbocycles.